The molecule has 5 heteroatoms. The number of thiazole rings is 1. The highest BCUT2D eigenvalue weighted by molar-refractivity contribution is 7.15. The van der Waals surface area contributed by atoms with Crippen molar-refractivity contribution in [2.24, 2.45) is 11.3 Å². The van der Waals surface area contributed by atoms with Crippen LogP contribution in [-0.4, -0.2) is 16.6 Å². The Hall–Kier alpha value is -0.610. The highest BCUT2D eigenvalue weighted by Gasteiger charge is 2.65. The van der Waals surface area contributed by atoms with E-state index in [2.05, 4.69) is 18.8 Å². The summed E-state index contributed by atoms with van der Waals surface area (Å²) < 4.78 is 6.12. The minimum absolute atomic E-state index is 0.0937. The standard InChI is InChI=1S/C13H18ClNO2S/c1-12(2,3)17-11(16)9-8(13(9,4)5)10-15-6-7(14)18-10/h6,8-9H,1-5H3/t8-,9-/m1/s1. The Morgan fingerprint density at radius 2 is 2.11 bits per heavy atom. The van der Waals surface area contributed by atoms with Gasteiger partial charge in [0.15, 0.2) is 0 Å². The fraction of sp³-hybridized carbons (Fsp3) is 0.692. The number of esters is 1. The summed E-state index contributed by atoms with van der Waals surface area (Å²) >= 11 is 7.35. The molecule has 2 atom stereocenters. The second kappa shape index (κ2) is 4.20. The van der Waals surface area contributed by atoms with E-state index in [4.69, 9.17) is 16.3 Å². The van der Waals surface area contributed by atoms with E-state index in [0.29, 0.717) is 4.34 Å². The van der Waals surface area contributed by atoms with Gasteiger partial charge in [0.25, 0.3) is 0 Å². The van der Waals surface area contributed by atoms with Gasteiger partial charge >= 0.3 is 5.97 Å². The van der Waals surface area contributed by atoms with Crippen molar-refractivity contribution in [3.05, 3.63) is 15.5 Å². The van der Waals surface area contributed by atoms with Crippen LogP contribution in [0.15, 0.2) is 6.20 Å². The quantitative estimate of drug-likeness (QED) is 0.775. The SMILES string of the molecule is CC(C)(C)OC(=O)[C@H]1[C@H](c2ncc(Cl)s2)C1(C)C. The van der Waals surface area contributed by atoms with Gasteiger partial charge in [-0.2, -0.15) is 0 Å². The number of halogens is 1. The zero-order valence-electron chi connectivity index (χ0n) is 11.3. The number of carbonyl (C=O) groups excluding carboxylic acids is 1. The summed E-state index contributed by atoms with van der Waals surface area (Å²) in [5.41, 5.74) is -0.537. The van der Waals surface area contributed by atoms with Crippen molar-refractivity contribution in [3.8, 4) is 0 Å². The van der Waals surface area contributed by atoms with Gasteiger partial charge in [0.2, 0.25) is 0 Å². The first-order valence-electron chi connectivity index (χ1n) is 5.97. The van der Waals surface area contributed by atoms with Crippen LogP contribution in [0.2, 0.25) is 4.34 Å². The second-order valence-electron chi connectivity index (χ2n) is 6.31. The molecule has 1 aromatic rings. The molecule has 0 aliphatic heterocycles. The molecule has 0 saturated heterocycles. The number of aromatic nitrogens is 1. The minimum atomic E-state index is -0.444. The Morgan fingerprint density at radius 1 is 1.50 bits per heavy atom. The Balaban J connectivity index is 2.14. The Morgan fingerprint density at radius 3 is 2.56 bits per heavy atom. The van der Waals surface area contributed by atoms with E-state index in [1.165, 1.54) is 11.3 Å². The third-order valence-electron chi connectivity index (χ3n) is 3.25. The number of carbonyl (C=O) groups is 1. The van der Waals surface area contributed by atoms with Gasteiger partial charge in [-0.05, 0) is 26.2 Å². The van der Waals surface area contributed by atoms with Crippen molar-refractivity contribution in [3.63, 3.8) is 0 Å². The van der Waals surface area contributed by atoms with E-state index in [1.54, 1.807) is 6.20 Å². The summed E-state index contributed by atoms with van der Waals surface area (Å²) in [5, 5.41) is 0.931. The van der Waals surface area contributed by atoms with Gasteiger partial charge in [0.05, 0.1) is 17.1 Å². The van der Waals surface area contributed by atoms with Gasteiger partial charge in [-0.15, -0.1) is 11.3 Å². The molecule has 0 N–H and O–H groups in total. The normalized spacial score (nSPS) is 25.9. The van der Waals surface area contributed by atoms with E-state index in [9.17, 15) is 4.79 Å². The monoisotopic (exact) mass is 287 g/mol. The first-order chi connectivity index (χ1) is 8.13. The van der Waals surface area contributed by atoms with Crippen LogP contribution in [-0.2, 0) is 9.53 Å². The third-order valence-corrected chi connectivity index (χ3v) is 4.45. The molecular formula is C13H18ClNO2S. The lowest BCUT2D eigenvalue weighted by Gasteiger charge is -2.19. The van der Waals surface area contributed by atoms with Crippen molar-refractivity contribution in [1.82, 2.24) is 4.98 Å². The van der Waals surface area contributed by atoms with Gasteiger partial charge in [-0.25, -0.2) is 4.98 Å². The maximum Gasteiger partial charge on any atom is 0.310 e. The molecule has 100 valence electrons. The Bertz CT molecular complexity index is 476. The van der Waals surface area contributed by atoms with Gasteiger partial charge in [0.1, 0.15) is 9.94 Å². The van der Waals surface area contributed by atoms with Crippen molar-refractivity contribution >= 4 is 28.9 Å². The van der Waals surface area contributed by atoms with E-state index in [1.807, 2.05) is 20.8 Å². The van der Waals surface area contributed by atoms with Gasteiger partial charge in [0, 0.05) is 5.92 Å². The van der Waals surface area contributed by atoms with E-state index in [-0.39, 0.29) is 23.2 Å². The second-order valence-corrected chi connectivity index (χ2v) is 8.01. The molecule has 0 bridgehead atoms. The highest BCUT2D eigenvalue weighted by Crippen LogP contribution is 2.65. The molecule has 2 rings (SSSR count). The molecule has 3 nitrogen and oxygen atoms in total. The summed E-state index contributed by atoms with van der Waals surface area (Å²) in [7, 11) is 0. The third kappa shape index (κ3) is 2.54. The molecule has 0 amide bonds. The van der Waals surface area contributed by atoms with Gasteiger partial charge < -0.3 is 4.74 Å². The fourth-order valence-corrected chi connectivity index (χ4v) is 3.58. The Kier molecular flexibility index (Phi) is 3.23. The topological polar surface area (TPSA) is 39.2 Å². The first kappa shape index (κ1) is 13.8. The molecule has 0 aromatic carbocycles. The van der Waals surface area contributed by atoms with Crippen LogP contribution in [0, 0.1) is 11.3 Å². The zero-order chi connectivity index (χ0) is 13.7. The van der Waals surface area contributed by atoms with Crippen molar-refractivity contribution in [2.45, 2.75) is 46.1 Å². The molecule has 18 heavy (non-hydrogen) atoms. The van der Waals surface area contributed by atoms with E-state index < -0.39 is 5.60 Å². The van der Waals surface area contributed by atoms with Crippen LogP contribution in [0.3, 0.4) is 0 Å². The van der Waals surface area contributed by atoms with Crippen LogP contribution < -0.4 is 0 Å². The van der Waals surface area contributed by atoms with Crippen molar-refractivity contribution in [2.75, 3.05) is 0 Å². The van der Waals surface area contributed by atoms with Crippen LogP contribution in [0.5, 0.6) is 0 Å². The number of rotatable bonds is 2. The molecule has 0 radical (unpaired) electrons. The minimum Gasteiger partial charge on any atom is -0.460 e. The molecule has 1 heterocycles. The molecule has 1 aliphatic carbocycles. The van der Waals surface area contributed by atoms with Crippen molar-refractivity contribution in [1.29, 1.82) is 0 Å². The smallest absolute Gasteiger partial charge is 0.310 e. The van der Waals surface area contributed by atoms with E-state index in [0.717, 1.165) is 5.01 Å². The summed E-state index contributed by atoms with van der Waals surface area (Å²) in [6, 6.07) is 0. The maximum atomic E-state index is 12.1. The summed E-state index contributed by atoms with van der Waals surface area (Å²) in [6.07, 6.45) is 1.64. The number of nitrogens with zero attached hydrogens (tertiary/aromatic N) is 1. The number of hydrogen-bond acceptors (Lipinski definition) is 4. The molecular weight excluding hydrogens is 270 g/mol. The number of ether oxygens (including phenoxy) is 1. The van der Waals surface area contributed by atoms with Gasteiger partial charge in [-0.3, -0.25) is 4.79 Å². The summed E-state index contributed by atoms with van der Waals surface area (Å²) in [4.78, 5) is 16.4. The average molecular weight is 288 g/mol. The molecule has 0 spiro atoms. The van der Waals surface area contributed by atoms with E-state index >= 15 is 0 Å². The fourth-order valence-electron chi connectivity index (χ4n) is 2.31. The summed E-state index contributed by atoms with van der Waals surface area (Å²) in [5.74, 6) is -0.118. The lowest BCUT2D eigenvalue weighted by Crippen LogP contribution is -2.26. The molecule has 0 unspecified atom stereocenters. The molecule has 1 saturated carbocycles. The lowest BCUT2D eigenvalue weighted by molar-refractivity contribution is -0.157. The highest BCUT2D eigenvalue weighted by atomic mass is 35.5. The lowest BCUT2D eigenvalue weighted by atomic mass is 10.1. The van der Waals surface area contributed by atoms with Crippen LogP contribution in [0.4, 0.5) is 0 Å². The maximum absolute atomic E-state index is 12.1. The zero-order valence-corrected chi connectivity index (χ0v) is 12.9. The first-order valence-corrected chi connectivity index (χ1v) is 7.16. The van der Waals surface area contributed by atoms with Gasteiger partial charge in [-0.1, -0.05) is 25.4 Å². The van der Waals surface area contributed by atoms with Crippen LogP contribution in [0.25, 0.3) is 0 Å². The largest absolute Gasteiger partial charge is 0.460 e. The number of hydrogen-bond donors (Lipinski definition) is 0. The predicted octanol–water partition coefficient (Wildman–Crippen LogP) is 3.88. The predicted molar refractivity (Wildman–Crippen MR) is 73.0 cm³/mol. The molecule has 1 aromatic heterocycles. The molecule has 1 fully saturated rings. The van der Waals surface area contributed by atoms with Crippen LogP contribution in [0.1, 0.15) is 45.5 Å². The van der Waals surface area contributed by atoms with Crippen molar-refractivity contribution < 1.29 is 9.53 Å². The molecule has 1 aliphatic rings. The van der Waals surface area contributed by atoms with Crippen LogP contribution >= 0.6 is 22.9 Å². The Labute approximate surface area is 117 Å². The average Bonchev–Trinajstić information content (AvgIpc) is 2.51. The summed E-state index contributed by atoms with van der Waals surface area (Å²) in [6.45, 7) is 9.80.